The molecule has 120 valence electrons. The number of hydrogen-bond donors (Lipinski definition) is 2. The number of furan rings is 1. The van der Waals surface area contributed by atoms with Crippen LogP contribution in [-0.4, -0.2) is 18.6 Å². The molecule has 2 heterocycles. The van der Waals surface area contributed by atoms with Gasteiger partial charge in [0, 0.05) is 10.9 Å². The zero-order chi connectivity index (χ0) is 16.7. The van der Waals surface area contributed by atoms with E-state index in [0.29, 0.717) is 28.0 Å². The highest BCUT2D eigenvalue weighted by Crippen LogP contribution is 2.34. The third-order valence-corrected chi connectivity index (χ3v) is 3.69. The van der Waals surface area contributed by atoms with Crippen molar-refractivity contribution in [3.8, 4) is 11.5 Å². The highest BCUT2D eigenvalue weighted by Gasteiger charge is 2.22. The lowest BCUT2D eigenvalue weighted by Crippen LogP contribution is -2.17. The van der Waals surface area contributed by atoms with E-state index < -0.39 is 11.8 Å². The fourth-order valence-electron chi connectivity index (χ4n) is 2.57. The van der Waals surface area contributed by atoms with Crippen LogP contribution in [0.5, 0.6) is 11.5 Å². The number of carbonyl (C=O) groups is 2. The molecule has 0 spiro atoms. The summed E-state index contributed by atoms with van der Waals surface area (Å²) in [7, 11) is 0. The number of fused-ring (bicyclic) bond motifs is 2. The molecule has 0 saturated carbocycles. The van der Waals surface area contributed by atoms with E-state index in [4.69, 9.17) is 19.6 Å². The molecular formula is C17H12N2O5. The molecule has 0 aliphatic carbocycles. The second-order valence-electron chi connectivity index (χ2n) is 5.19. The van der Waals surface area contributed by atoms with Crippen LogP contribution in [0.15, 0.2) is 46.9 Å². The average molecular weight is 324 g/mol. The van der Waals surface area contributed by atoms with Gasteiger partial charge in [0.1, 0.15) is 11.3 Å². The third-order valence-electron chi connectivity index (χ3n) is 3.69. The van der Waals surface area contributed by atoms with Crippen molar-refractivity contribution in [1.82, 2.24) is 0 Å². The number of anilines is 1. The molecule has 1 aliphatic heterocycles. The number of primary amides is 1. The lowest BCUT2D eigenvalue weighted by atomic mass is 10.1. The first-order chi connectivity index (χ1) is 11.6. The van der Waals surface area contributed by atoms with Crippen molar-refractivity contribution in [3.05, 3.63) is 53.8 Å². The van der Waals surface area contributed by atoms with Crippen LogP contribution in [-0.2, 0) is 0 Å². The van der Waals surface area contributed by atoms with Crippen LogP contribution in [0.25, 0.3) is 11.0 Å². The maximum absolute atomic E-state index is 12.5. The van der Waals surface area contributed by atoms with Crippen LogP contribution in [0.2, 0.25) is 0 Å². The van der Waals surface area contributed by atoms with Crippen LogP contribution in [0.3, 0.4) is 0 Å². The molecule has 3 aromatic rings. The normalized spacial score (nSPS) is 12.3. The van der Waals surface area contributed by atoms with Gasteiger partial charge in [-0.3, -0.25) is 9.59 Å². The second-order valence-corrected chi connectivity index (χ2v) is 5.19. The Hall–Kier alpha value is -3.48. The van der Waals surface area contributed by atoms with Crippen LogP contribution in [0, 0.1) is 0 Å². The molecule has 4 rings (SSSR count). The third kappa shape index (κ3) is 2.23. The Bertz CT molecular complexity index is 976. The van der Waals surface area contributed by atoms with Crippen molar-refractivity contribution < 1.29 is 23.5 Å². The number of para-hydroxylation sites is 1. The molecule has 2 amide bonds. The summed E-state index contributed by atoms with van der Waals surface area (Å²) >= 11 is 0. The van der Waals surface area contributed by atoms with E-state index >= 15 is 0 Å². The Morgan fingerprint density at radius 3 is 2.67 bits per heavy atom. The Morgan fingerprint density at radius 2 is 1.83 bits per heavy atom. The van der Waals surface area contributed by atoms with Crippen molar-refractivity contribution in [2.75, 3.05) is 12.1 Å². The molecule has 1 aromatic heterocycles. The molecule has 3 N–H and O–H groups in total. The number of nitrogens with one attached hydrogen (secondary N) is 1. The van der Waals surface area contributed by atoms with Gasteiger partial charge < -0.3 is 24.9 Å². The first-order valence-corrected chi connectivity index (χ1v) is 7.16. The standard InChI is InChI=1S/C17H12N2O5/c18-16(20)15-14(10-3-1-2-4-11(10)24-15)19-17(21)9-5-6-12-13(7-9)23-8-22-12/h1-7H,8H2,(H2,18,20)(H,19,21). The van der Waals surface area contributed by atoms with E-state index in [9.17, 15) is 9.59 Å². The van der Waals surface area contributed by atoms with E-state index in [-0.39, 0.29) is 18.2 Å². The molecule has 7 heteroatoms. The minimum atomic E-state index is -0.757. The van der Waals surface area contributed by atoms with E-state index in [0.717, 1.165) is 0 Å². The molecule has 0 bridgehead atoms. The first-order valence-electron chi connectivity index (χ1n) is 7.16. The number of ether oxygens (including phenoxy) is 2. The molecule has 0 radical (unpaired) electrons. The van der Waals surface area contributed by atoms with Crippen LogP contribution in [0.4, 0.5) is 5.69 Å². The molecule has 0 fully saturated rings. The van der Waals surface area contributed by atoms with Gasteiger partial charge in [0.15, 0.2) is 11.5 Å². The van der Waals surface area contributed by atoms with Gasteiger partial charge in [-0.2, -0.15) is 0 Å². The topological polar surface area (TPSA) is 104 Å². The number of carbonyl (C=O) groups excluding carboxylic acids is 2. The summed E-state index contributed by atoms with van der Waals surface area (Å²) in [4.78, 5) is 24.1. The summed E-state index contributed by atoms with van der Waals surface area (Å²) in [6.07, 6.45) is 0. The molecule has 0 saturated heterocycles. The van der Waals surface area contributed by atoms with Crippen molar-refractivity contribution in [1.29, 1.82) is 0 Å². The fraction of sp³-hybridized carbons (Fsp3) is 0.0588. The number of amides is 2. The average Bonchev–Trinajstić information content (AvgIpc) is 3.19. The molecule has 0 unspecified atom stereocenters. The summed E-state index contributed by atoms with van der Waals surface area (Å²) in [5, 5.41) is 3.29. The lowest BCUT2D eigenvalue weighted by Gasteiger charge is -2.06. The van der Waals surface area contributed by atoms with E-state index in [2.05, 4.69) is 5.32 Å². The van der Waals surface area contributed by atoms with Gasteiger partial charge in [-0.05, 0) is 30.3 Å². The van der Waals surface area contributed by atoms with Crippen LogP contribution < -0.4 is 20.5 Å². The highest BCUT2D eigenvalue weighted by atomic mass is 16.7. The fourth-order valence-corrected chi connectivity index (χ4v) is 2.57. The molecular weight excluding hydrogens is 312 g/mol. The maximum Gasteiger partial charge on any atom is 0.286 e. The van der Waals surface area contributed by atoms with E-state index in [1.165, 1.54) is 0 Å². The number of nitrogens with two attached hydrogens (primary N) is 1. The zero-order valence-corrected chi connectivity index (χ0v) is 12.4. The Morgan fingerprint density at radius 1 is 1.04 bits per heavy atom. The summed E-state index contributed by atoms with van der Waals surface area (Å²) in [6, 6.07) is 11.8. The van der Waals surface area contributed by atoms with E-state index in [1.54, 1.807) is 42.5 Å². The first kappa shape index (κ1) is 14.1. The monoisotopic (exact) mass is 324 g/mol. The number of rotatable bonds is 3. The largest absolute Gasteiger partial charge is 0.454 e. The van der Waals surface area contributed by atoms with Gasteiger partial charge in [0.05, 0.1) is 0 Å². The van der Waals surface area contributed by atoms with Gasteiger partial charge in [0.2, 0.25) is 12.6 Å². The molecule has 24 heavy (non-hydrogen) atoms. The van der Waals surface area contributed by atoms with Gasteiger partial charge >= 0.3 is 0 Å². The van der Waals surface area contributed by atoms with E-state index in [1.807, 2.05) is 0 Å². The van der Waals surface area contributed by atoms with Crippen molar-refractivity contribution in [3.63, 3.8) is 0 Å². The summed E-state index contributed by atoms with van der Waals surface area (Å²) in [5.74, 6) is -0.187. The Balaban J connectivity index is 1.72. The zero-order valence-electron chi connectivity index (χ0n) is 12.4. The predicted octanol–water partition coefficient (Wildman–Crippen LogP) is 2.51. The van der Waals surface area contributed by atoms with Gasteiger partial charge in [-0.1, -0.05) is 12.1 Å². The van der Waals surface area contributed by atoms with Crippen molar-refractivity contribution in [2.45, 2.75) is 0 Å². The minimum absolute atomic E-state index is 0.0923. The van der Waals surface area contributed by atoms with Crippen molar-refractivity contribution in [2.24, 2.45) is 5.73 Å². The van der Waals surface area contributed by atoms with Gasteiger partial charge in [-0.15, -0.1) is 0 Å². The van der Waals surface area contributed by atoms with Crippen LogP contribution in [0.1, 0.15) is 20.9 Å². The quantitative estimate of drug-likeness (QED) is 0.770. The minimum Gasteiger partial charge on any atom is -0.454 e. The summed E-state index contributed by atoms with van der Waals surface area (Å²) in [6.45, 7) is 0.124. The molecule has 0 atom stereocenters. The molecule has 7 nitrogen and oxygen atoms in total. The maximum atomic E-state index is 12.5. The SMILES string of the molecule is NC(=O)c1oc2ccccc2c1NC(=O)c1ccc2c(c1)OCO2. The van der Waals surface area contributed by atoms with Crippen molar-refractivity contribution >= 4 is 28.5 Å². The molecule has 2 aromatic carbocycles. The van der Waals surface area contributed by atoms with Gasteiger partial charge in [0.25, 0.3) is 11.8 Å². The molecule has 1 aliphatic rings. The highest BCUT2D eigenvalue weighted by molar-refractivity contribution is 6.14. The summed E-state index contributed by atoms with van der Waals surface area (Å²) in [5.41, 5.74) is 6.42. The number of benzene rings is 2. The Kier molecular flexibility index (Phi) is 3.13. The number of hydrogen-bond acceptors (Lipinski definition) is 5. The predicted molar refractivity (Wildman–Crippen MR) is 85.3 cm³/mol. The lowest BCUT2D eigenvalue weighted by molar-refractivity contribution is 0.0977. The second kappa shape index (κ2) is 5.31. The summed E-state index contributed by atoms with van der Waals surface area (Å²) < 4.78 is 15.9. The van der Waals surface area contributed by atoms with Crippen LogP contribution >= 0.6 is 0 Å². The Labute approximate surface area is 135 Å². The van der Waals surface area contributed by atoms with Gasteiger partial charge in [-0.25, -0.2) is 0 Å². The smallest absolute Gasteiger partial charge is 0.286 e.